The summed E-state index contributed by atoms with van der Waals surface area (Å²) in [5.41, 5.74) is 1.26. The molecule has 39 heavy (non-hydrogen) atoms. The molecule has 208 valence electrons. The highest BCUT2D eigenvalue weighted by Gasteiger charge is 2.45. The van der Waals surface area contributed by atoms with Gasteiger partial charge in [0.05, 0.1) is 31.4 Å². The Bertz CT molecular complexity index is 1170. The van der Waals surface area contributed by atoms with Crippen LogP contribution in [0, 0.1) is 5.92 Å². The number of benzene rings is 2. The number of hydrogen-bond acceptors (Lipinski definition) is 7. The fourth-order valence-corrected chi connectivity index (χ4v) is 4.78. The highest BCUT2D eigenvalue weighted by molar-refractivity contribution is 6.46. The number of likely N-dealkylation sites (tertiary alicyclic amines) is 1. The van der Waals surface area contributed by atoms with Gasteiger partial charge in [-0.25, -0.2) is 0 Å². The van der Waals surface area contributed by atoms with E-state index in [0.717, 1.165) is 25.2 Å². The number of ketones is 1. The van der Waals surface area contributed by atoms with Crippen molar-refractivity contribution >= 4 is 17.4 Å². The maximum absolute atomic E-state index is 13.3. The predicted molar refractivity (Wildman–Crippen MR) is 150 cm³/mol. The van der Waals surface area contributed by atoms with Gasteiger partial charge in [-0.15, -0.1) is 0 Å². The lowest BCUT2D eigenvalue weighted by atomic mass is 9.95. The summed E-state index contributed by atoms with van der Waals surface area (Å²) >= 11 is 0. The number of morpholine rings is 1. The van der Waals surface area contributed by atoms with E-state index >= 15 is 0 Å². The van der Waals surface area contributed by atoms with Crippen molar-refractivity contribution in [2.24, 2.45) is 5.92 Å². The SMILES string of the molecule is C=CCOc1ccc(C2/C(=C(\O)c3ccc(OCC(C)C)cc3)C(=O)C(=O)N2CCCN2CCOCC2)cc1. The minimum atomic E-state index is -0.708. The zero-order chi connectivity index (χ0) is 27.8. The number of nitrogens with zero attached hydrogens (tertiary/aromatic N) is 2. The molecule has 0 spiro atoms. The maximum Gasteiger partial charge on any atom is 0.295 e. The first-order chi connectivity index (χ1) is 18.9. The van der Waals surface area contributed by atoms with Gasteiger partial charge in [0.15, 0.2) is 0 Å². The molecule has 2 aromatic rings. The van der Waals surface area contributed by atoms with E-state index in [4.69, 9.17) is 14.2 Å². The molecule has 1 atom stereocenters. The Morgan fingerprint density at radius 3 is 2.31 bits per heavy atom. The lowest BCUT2D eigenvalue weighted by molar-refractivity contribution is -0.140. The quantitative estimate of drug-likeness (QED) is 0.187. The van der Waals surface area contributed by atoms with E-state index in [2.05, 4.69) is 25.3 Å². The van der Waals surface area contributed by atoms with Gasteiger partial charge in [-0.1, -0.05) is 38.6 Å². The van der Waals surface area contributed by atoms with Crippen LogP contribution in [0.25, 0.3) is 5.76 Å². The fraction of sp³-hybridized carbons (Fsp3) is 0.419. The van der Waals surface area contributed by atoms with Crippen LogP contribution in [0.4, 0.5) is 0 Å². The molecular formula is C31H38N2O6. The van der Waals surface area contributed by atoms with E-state index in [9.17, 15) is 14.7 Å². The lowest BCUT2D eigenvalue weighted by Gasteiger charge is -2.29. The van der Waals surface area contributed by atoms with Crippen molar-refractivity contribution in [1.82, 2.24) is 9.80 Å². The van der Waals surface area contributed by atoms with Crippen LogP contribution in [0.15, 0.2) is 66.8 Å². The van der Waals surface area contributed by atoms with Gasteiger partial charge in [0.25, 0.3) is 11.7 Å². The summed E-state index contributed by atoms with van der Waals surface area (Å²) in [5.74, 6) is 0.223. The Morgan fingerprint density at radius 2 is 1.67 bits per heavy atom. The first-order valence-corrected chi connectivity index (χ1v) is 13.5. The molecule has 0 aliphatic carbocycles. The number of hydrogen-bond donors (Lipinski definition) is 1. The number of amides is 1. The molecule has 2 aliphatic rings. The van der Waals surface area contributed by atoms with Gasteiger partial charge in [-0.05, 0) is 54.3 Å². The van der Waals surface area contributed by atoms with Gasteiger partial charge in [-0.3, -0.25) is 14.5 Å². The van der Waals surface area contributed by atoms with Crippen molar-refractivity contribution < 1.29 is 28.9 Å². The second-order valence-electron chi connectivity index (χ2n) is 10.2. The molecule has 2 aliphatic heterocycles. The van der Waals surface area contributed by atoms with Crippen LogP contribution >= 0.6 is 0 Å². The van der Waals surface area contributed by atoms with Crippen molar-refractivity contribution in [3.05, 3.63) is 77.9 Å². The monoisotopic (exact) mass is 534 g/mol. The summed E-state index contributed by atoms with van der Waals surface area (Å²) < 4.78 is 16.8. The fourth-order valence-electron chi connectivity index (χ4n) is 4.78. The normalized spacial score (nSPS) is 19.5. The molecule has 0 aromatic heterocycles. The molecule has 1 amide bonds. The average Bonchev–Trinajstić information content (AvgIpc) is 3.21. The molecule has 2 aromatic carbocycles. The number of carbonyl (C=O) groups excluding carboxylic acids is 2. The van der Waals surface area contributed by atoms with Crippen molar-refractivity contribution in [1.29, 1.82) is 0 Å². The van der Waals surface area contributed by atoms with Gasteiger partial charge in [0, 0.05) is 31.7 Å². The first kappa shape index (κ1) is 28.4. The van der Waals surface area contributed by atoms with Crippen LogP contribution in [0.5, 0.6) is 11.5 Å². The molecule has 2 fully saturated rings. The largest absolute Gasteiger partial charge is 0.507 e. The second-order valence-corrected chi connectivity index (χ2v) is 10.2. The number of aliphatic hydroxyl groups excluding tert-OH is 1. The molecule has 8 heteroatoms. The molecule has 0 saturated carbocycles. The summed E-state index contributed by atoms with van der Waals surface area (Å²) in [4.78, 5) is 30.5. The Morgan fingerprint density at radius 1 is 1.03 bits per heavy atom. The zero-order valence-corrected chi connectivity index (χ0v) is 22.8. The van der Waals surface area contributed by atoms with Crippen molar-refractivity contribution in [2.45, 2.75) is 26.3 Å². The lowest BCUT2D eigenvalue weighted by Crippen LogP contribution is -2.38. The van der Waals surface area contributed by atoms with Crippen LogP contribution in [-0.2, 0) is 14.3 Å². The van der Waals surface area contributed by atoms with E-state index in [-0.39, 0.29) is 11.3 Å². The third-order valence-corrected chi connectivity index (χ3v) is 6.79. The average molecular weight is 535 g/mol. The summed E-state index contributed by atoms with van der Waals surface area (Å²) in [6.07, 6.45) is 2.36. The van der Waals surface area contributed by atoms with Crippen LogP contribution in [0.1, 0.15) is 37.4 Å². The number of aliphatic hydroxyl groups is 1. The van der Waals surface area contributed by atoms with Crippen molar-refractivity contribution in [3.63, 3.8) is 0 Å². The van der Waals surface area contributed by atoms with E-state index in [0.29, 0.717) is 62.4 Å². The minimum Gasteiger partial charge on any atom is -0.507 e. The van der Waals surface area contributed by atoms with Crippen LogP contribution in [0.2, 0.25) is 0 Å². The highest BCUT2D eigenvalue weighted by Crippen LogP contribution is 2.40. The number of Topliss-reactive ketones (excluding diaryl/α,β-unsaturated/α-hetero) is 1. The van der Waals surface area contributed by atoms with Gasteiger partial charge in [0.2, 0.25) is 0 Å². The third kappa shape index (κ3) is 7.07. The standard InChI is InChI=1S/C31H38N2O6/c1-4-18-38-25-10-6-23(7-11-25)28-27(29(34)24-8-12-26(13-9-24)39-21-22(2)3)30(35)31(36)33(28)15-5-14-32-16-19-37-20-17-32/h4,6-13,22,28,34H,1,5,14-21H2,2-3H3/b29-27+. The number of rotatable bonds is 12. The Kier molecular flexibility index (Phi) is 9.79. The number of ether oxygens (including phenoxy) is 3. The van der Waals surface area contributed by atoms with Crippen LogP contribution in [0.3, 0.4) is 0 Å². The predicted octanol–water partition coefficient (Wildman–Crippen LogP) is 4.43. The summed E-state index contributed by atoms with van der Waals surface area (Å²) in [5, 5.41) is 11.3. The van der Waals surface area contributed by atoms with Gasteiger partial charge < -0.3 is 24.2 Å². The van der Waals surface area contributed by atoms with Crippen LogP contribution < -0.4 is 9.47 Å². The van der Waals surface area contributed by atoms with Gasteiger partial charge in [-0.2, -0.15) is 0 Å². The molecule has 2 heterocycles. The van der Waals surface area contributed by atoms with E-state index in [1.165, 1.54) is 0 Å². The molecule has 8 nitrogen and oxygen atoms in total. The highest BCUT2D eigenvalue weighted by atomic mass is 16.5. The molecule has 4 rings (SSSR count). The second kappa shape index (κ2) is 13.4. The molecule has 0 radical (unpaired) electrons. The van der Waals surface area contributed by atoms with Gasteiger partial charge >= 0.3 is 0 Å². The third-order valence-electron chi connectivity index (χ3n) is 6.79. The molecule has 2 saturated heterocycles. The summed E-state index contributed by atoms with van der Waals surface area (Å²) in [6.45, 7) is 13.0. The molecule has 1 N–H and O–H groups in total. The first-order valence-electron chi connectivity index (χ1n) is 13.5. The number of carbonyl (C=O) groups is 2. The topological polar surface area (TPSA) is 88.5 Å². The Labute approximate surface area is 230 Å². The van der Waals surface area contributed by atoms with E-state index in [1.807, 2.05) is 12.1 Å². The Hall–Kier alpha value is -3.62. The van der Waals surface area contributed by atoms with Crippen LogP contribution in [-0.4, -0.2) is 79.2 Å². The van der Waals surface area contributed by atoms with Gasteiger partial charge in [0.1, 0.15) is 23.9 Å². The molecule has 1 unspecified atom stereocenters. The van der Waals surface area contributed by atoms with E-state index < -0.39 is 17.7 Å². The summed E-state index contributed by atoms with van der Waals surface area (Å²) in [6, 6.07) is 13.5. The van der Waals surface area contributed by atoms with Crippen molar-refractivity contribution in [3.8, 4) is 11.5 Å². The molecule has 0 bridgehead atoms. The maximum atomic E-state index is 13.3. The minimum absolute atomic E-state index is 0.0852. The van der Waals surface area contributed by atoms with E-state index in [1.54, 1.807) is 47.4 Å². The Balaban J connectivity index is 1.62. The van der Waals surface area contributed by atoms with Crippen molar-refractivity contribution in [2.75, 3.05) is 52.6 Å². The zero-order valence-electron chi connectivity index (χ0n) is 22.8. The summed E-state index contributed by atoms with van der Waals surface area (Å²) in [7, 11) is 0. The molecular weight excluding hydrogens is 496 g/mol. The smallest absolute Gasteiger partial charge is 0.295 e.